The van der Waals surface area contributed by atoms with Crippen LogP contribution in [0.3, 0.4) is 0 Å². The number of carbonyl (C=O) groups excluding carboxylic acids is 2. The maximum Gasteiger partial charge on any atom is 0.264 e. The van der Waals surface area contributed by atoms with E-state index >= 15 is 0 Å². The zero-order valence-electron chi connectivity index (χ0n) is 24.0. The van der Waals surface area contributed by atoms with Gasteiger partial charge in [-0.15, -0.1) is 0 Å². The summed E-state index contributed by atoms with van der Waals surface area (Å²) in [6, 6.07) is 21.4. The molecule has 214 valence electrons. The second-order valence-corrected chi connectivity index (χ2v) is 12.5. The lowest BCUT2D eigenvalue weighted by molar-refractivity contribution is -0.141. The molecule has 1 atom stereocenters. The molecule has 0 fully saturated rings. The van der Waals surface area contributed by atoms with Gasteiger partial charge in [0.1, 0.15) is 18.3 Å². The van der Waals surface area contributed by atoms with Crippen LogP contribution in [0.2, 0.25) is 0 Å². The number of rotatable bonds is 11. The smallest absolute Gasteiger partial charge is 0.264 e. The van der Waals surface area contributed by atoms with Crippen molar-refractivity contribution in [2.24, 2.45) is 0 Å². The number of amides is 2. The van der Waals surface area contributed by atoms with Crippen LogP contribution in [-0.4, -0.2) is 50.4 Å². The molecule has 0 bridgehead atoms. The highest BCUT2D eigenvalue weighted by Crippen LogP contribution is 2.26. The van der Waals surface area contributed by atoms with Crippen molar-refractivity contribution in [3.05, 3.63) is 90.0 Å². The molecule has 0 aromatic heterocycles. The number of hydrogen-bond acceptors (Lipinski definition) is 5. The van der Waals surface area contributed by atoms with Gasteiger partial charge in [-0.05, 0) is 81.6 Å². The lowest BCUT2D eigenvalue weighted by Crippen LogP contribution is -2.55. The Hall–Kier alpha value is -3.85. The number of para-hydroxylation sites is 1. The van der Waals surface area contributed by atoms with E-state index in [1.54, 1.807) is 42.5 Å². The number of nitrogens with zero attached hydrogens (tertiary/aromatic N) is 2. The van der Waals surface area contributed by atoms with Crippen molar-refractivity contribution < 1.29 is 22.7 Å². The van der Waals surface area contributed by atoms with E-state index in [2.05, 4.69) is 5.32 Å². The van der Waals surface area contributed by atoms with Gasteiger partial charge in [-0.25, -0.2) is 8.42 Å². The molecule has 0 spiro atoms. The molecule has 8 nitrogen and oxygen atoms in total. The molecule has 0 saturated heterocycles. The van der Waals surface area contributed by atoms with Crippen LogP contribution in [0.1, 0.15) is 45.2 Å². The summed E-state index contributed by atoms with van der Waals surface area (Å²) in [7, 11) is -2.64. The van der Waals surface area contributed by atoms with Crippen molar-refractivity contribution in [1.82, 2.24) is 10.2 Å². The van der Waals surface area contributed by atoms with Crippen molar-refractivity contribution in [2.75, 3.05) is 18.0 Å². The van der Waals surface area contributed by atoms with Crippen LogP contribution in [0.15, 0.2) is 83.8 Å². The summed E-state index contributed by atoms with van der Waals surface area (Å²) in [5.74, 6) is -0.261. The summed E-state index contributed by atoms with van der Waals surface area (Å²) in [4.78, 5) is 29.0. The minimum absolute atomic E-state index is 0.0212. The van der Waals surface area contributed by atoms with Crippen LogP contribution in [0.5, 0.6) is 5.75 Å². The Balaban J connectivity index is 2.06. The zero-order valence-corrected chi connectivity index (χ0v) is 24.9. The van der Waals surface area contributed by atoms with E-state index in [1.807, 2.05) is 58.9 Å². The molecule has 3 aromatic carbocycles. The van der Waals surface area contributed by atoms with E-state index in [1.165, 1.54) is 24.1 Å². The van der Waals surface area contributed by atoms with Crippen molar-refractivity contribution in [1.29, 1.82) is 0 Å². The average Bonchev–Trinajstić information content (AvgIpc) is 2.92. The van der Waals surface area contributed by atoms with Crippen LogP contribution in [0, 0.1) is 6.92 Å². The molecular weight excluding hydrogens is 526 g/mol. The zero-order chi connectivity index (χ0) is 29.5. The predicted octanol–water partition coefficient (Wildman–Crippen LogP) is 4.92. The van der Waals surface area contributed by atoms with Gasteiger partial charge in [0.05, 0.1) is 17.7 Å². The number of sulfonamides is 1. The summed E-state index contributed by atoms with van der Waals surface area (Å²) in [5, 5.41) is 2.98. The first-order valence-corrected chi connectivity index (χ1v) is 14.7. The monoisotopic (exact) mass is 565 g/mol. The molecule has 1 unspecified atom stereocenters. The number of benzene rings is 3. The number of carbonyl (C=O) groups is 2. The minimum atomic E-state index is -4.14. The molecule has 3 rings (SSSR count). The molecule has 9 heteroatoms. The fourth-order valence-electron chi connectivity index (χ4n) is 4.34. The van der Waals surface area contributed by atoms with E-state index < -0.39 is 34.1 Å². The van der Waals surface area contributed by atoms with Gasteiger partial charge in [0.2, 0.25) is 11.8 Å². The number of aryl methyl sites for hydroxylation is 1. The highest BCUT2D eigenvalue weighted by atomic mass is 32.2. The van der Waals surface area contributed by atoms with Crippen LogP contribution in [-0.2, 0) is 26.2 Å². The first-order chi connectivity index (χ1) is 18.9. The Morgan fingerprint density at radius 2 is 1.52 bits per heavy atom. The first kappa shape index (κ1) is 30.7. The van der Waals surface area contributed by atoms with Crippen molar-refractivity contribution in [3.8, 4) is 5.75 Å². The maximum absolute atomic E-state index is 14.1. The van der Waals surface area contributed by atoms with Gasteiger partial charge in [0, 0.05) is 12.1 Å². The van der Waals surface area contributed by atoms with Crippen LogP contribution in [0.4, 0.5) is 5.69 Å². The molecule has 0 aliphatic rings. The normalized spacial score (nSPS) is 12.3. The molecular formula is C31H39N3O5S. The van der Waals surface area contributed by atoms with E-state index in [0.29, 0.717) is 17.9 Å². The van der Waals surface area contributed by atoms with Crippen molar-refractivity contribution in [3.63, 3.8) is 0 Å². The van der Waals surface area contributed by atoms with Gasteiger partial charge in [0.25, 0.3) is 10.0 Å². The molecule has 0 saturated carbocycles. The van der Waals surface area contributed by atoms with Crippen LogP contribution in [0.25, 0.3) is 0 Å². The summed E-state index contributed by atoms with van der Waals surface area (Å²) in [5.41, 5.74) is 1.68. The van der Waals surface area contributed by atoms with Crippen LogP contribution < -0.4 is 14.4 Å². The van der Waals surface area contributed by atoms with E-state index in [9.17, 15) is 18.0 Å². The van der Waals surface area contributed by atoms with E-state index in [4.69, 9.17) is 4.74 Å². The molecule has 0 aliphatic carbocycles. The first-order valence-electron chi connectivity index (χ1n) is 13.2. The third-order valence-electron chi connectivity index (χ3n) is 6.46. The lowest BCUT2D eigenvalue weighted by Gasteiger charge is -2.35. The van der Waals surface area contributed by atoms with Crippen molar-refractivity contribution in [2.45, 2.75) is 64.1 Å². The predicted molar refractivity (Wildman–Crippen MR) is 158 cm³/mol. The Morgan fingerprint density at radius 1 is 0.925 bits per heavy atom. The highest BCUT2D eigenvalue weighted by Gasteiger charge is 2.34. The van der Waals surface area contributed by atoms with E-state index in [-0.39, 0.29) is 17.3 Å². The van der Waals surface area contributed by atoms with Gasteiger partial charge in [-0.1, -0.05) is 49.4 Å². The molecule has 40 heavy (non-hydrogen) atoms. The number of hydrogen-bond donors (Lipinski definition) is 1. The second kappa shape index (κ2) is 13.0. The van der Waals surface area contributed by atoms with Gasteiger partial charge < -0.3 is 15.0 Å². The Bertz CT molecular complexity index is 1400. The molecule has 1 N–H and O–H groups in total. The fourth-order valence-corrected chi connectivity index (χ4v) is 5.76. The molecule has 3 aromatic rings. The largest absolute Gasteiger partial charge is 0.497 e. The molecule has 0 heterocycles. The highest BCUT2D eigenvalue weighted by molar-refractivity contribution is 7.92. The summed E-state index contributed by atoms with van der Waals surface area (Å²) in [6.45, 7) is 9.10. The molecule has 0 aliphatic heterocycles. The molecule has 0 radical (unpaired) electrons. The minimum Gasteiger partial charge on any atom is -0.497 e. The maximum atomic E-state index is 14.1. The standard InChI is InChI=1S/C31H39N3O5S/c1-7-28(30(36)32-31(3,4)5)33(21-24-14-12-11-13-23(24)2)29(35)22-34(25-15-9-8-10-16-25)40(37,38)27-19-17-26(39-6)18-20-27/h8-20,28H,7,21-22H2,1-6H3,(H,32,36). The second-order valence-electron chi connectivity index (χ2n) is 10.6. The summed E-state index contributed by atoms with van der Waals surface area (Å²) in [6.07, 6.45) is 0.357. The summed E-state index contributed by atoms with van der Waals surface area (Å²) < 4.78 is 34.1. The van der Waals surface area contributed by atoms with Gasteiger partial charge in [-0.3, -0.25) is 13.9 Å². The summed E-state index contributed by atoms with van der Waals surface area (Å²) >= 11 is 0. The SMILES string of the molecule is CCC(C(=O)NC(C)(C)C)N(Cc1ccccc1C)C(=O)CN(c1ccccc1)S(=O)(=O)c1ccc(OC)cc1. The van der Waals surface area contributed by atoms with Crippen LogP contribution >= 0.6 is 0 Å². The average molecular weight is 566 g/mol. The number of anilines is 1. The van der Waals surface area contributed by atoms with Gasteiger partial charge in [-0.2, -0.15) is 0 Å². The number of methoxy groups -OCH3 is 1. The third kappa shape index (κ3) is 7.63. The Labute approximate surface area is 238 Å². The topological polar surface area (TPSA) is 96.0 Å². The lowest BCUT2D eigenvalue weighted by atomic mass is 10.0. The number of ether oxygens (including phenoxy) is 1. The van der Waals surface area contributed by atoms with Gasteiger partial charge >= 0.3 is 0 Å². The van der Waals surface area contributed by atoms with E-state index in [0.717, 1.165) is 15.4 Å². The van der Waals surface area contributed by atoms with Gasteiger partial charge in [0.15, 0.2) is 0 Å². The molecule has 2 amide bonds. The van der Waals surface area contributed by atoms with Crippen molar-refractivity contribution >= 4 is 27.5 Å². The number of nitrogens with one attached hydrogen (secondary N) is 1. The fraction of sp³-hybridized carbons (Fsp3) is 0.355. The Morgan fingerprint density at radius 3 is 2.08 bits per heavy atom. The third-order valence-corrected chi connectivity index (χ3v) is 8.24. The quantitative estimate of drug-likeness (QED) is 0.356. The Kier molecular flexibility index (Phi) is 9.98.